The van der Waals surface area contributed by atoms with Crippen molar-refractivity contribution in [2.75, 3.05) is 0 Å². The minimum absolute atomic E-state index is 0.114. The largest absolute Gasteiger partial charge is 0.342 e. The number of nitrogens with two attached hydrogens (primary N) is 1. The maximum Gasteiger partial charge on any atom is 0.110 e. The van der Waals surface area contributed by atoms with Gasteiger partial charge in [0.1, 0.15) is 5.82 Å². The molecule has 2 saturated carbocycles. The topological polar surface area (TPSA) is 54.7 Å². The first-order valence-electron chi connectivity index (χ1n) is 7.54. The Kier molecular flexibility index (Phi) is 2.46. The van der Waals surface area contributed by atoms with Crippen LogP contribution in [-0.4, -0.2) is 9.97 Å². The number of hydrogen-bond acceptors (Lipinski definition) is 2. The quantitative estimate of drug-likeness (QED) is 0.862. The Morgan fingerprint density at radius 2 is 1.95 bits per heavy atom. The summed E-state index contributed by atoms with van der Waals surface area (Å²) in [6.07, 6.45) is 8.64. The van der Waals surface area contributed by atoms with E-state index in [1.165, 1.54) is 43.5 Å². The average molecular weight is 255 g/mol. The van der Waals surface area contributed by atoms with Crippen molar-refractivity contribution < 1.29 is 0 Å². The van der Waals surface area contributed by atoms with Gasteiger partial charge in [0.25, 0.3) is 0 Å². The fourth-order valence-corrected chi connectivity index (χ4v) is 3.36. The zero-order chi connectivity index (χ0) is 12.9. The average Bonchev–Trinajstić information content (AvgIpc) is 3.18. The molecule has 0 saturated heterocycles. The van der Waals surface area contributed by atoms with Crippen molar-refractivity contribution >= 4 is 11.0 Å². The molecule has 0 spiro atoms. The lowest BCUT2D eigenvalue weighted by molar-refractivity contribution is 0.302. The molecule has 0 aliphatic heterocycles. The second-order valence-corrected chi connectivity index (χ2v) is 6.35. The van der Waals surface area contributed by atoms with Gasteiger partial charge in [-0.15, -0.1) is 0 Å². The lowest BCUT2D eigenvalue weighted by Gasteiger charge is -2.33. The van der Waals surface area contributed by atoms with E-state index in [1.54, 1.807) is 0 Å². The molecule has 0 amide bonds. The van der Waals surface area contributed by atoms with Crippen LogP contribution in [0.15, 0.2) is 18.2 Å². The van der Waals surface area contributed by atoms with E-state index in [0.29, 0.717) is 5.92 Å². The summed E-state index contributed by atoms with van der Waals surface area (Å²) < 4.78 is 0. The highest BCUT2D eigenvalue weighted by Crippen LogP contribution is 2.40. The van der Waals surface area contributed by atoms with Crippen LogP contribution in [0.2, 0.25) is 0 Å². The van der Waals surface area contributed by atoms with Gasteiger partial charge in [0.05, 0.1) is 11.0 Å². The number of H-pyrrole nitrogens is 1. The number of benzene rings is 1. The van der Waals surface area contributed by atoms with Crippen LogP contribution in [-0.2, 0) is 5.54 Å². The predicted molar refractivity (Wildman–Crippen MR) is 77.0 cm³/mol. The molecule has 3 N–H and O–H groups in total. The van der Waals surface area contributed by atoms with E-state index in [9.17, 15) is 0 Å². The Morgan fingerprint density at radius 3 is 2.68 bits per heavy atom. The Bertz CT molecular complexity index is 603. The summed E-state index contributed by atoms with van der Waals surface area (Å²) in [5, 5.41) is 0. The van der Waals surface area contributed by atoms with Crippen molar-refractivity contribution in [2.24, 2.45) is 5.73 Å². The Labute approximate surface area is 113 Å². The van der Waals surface area contributed by atoms with E-state index >= 15 is 0 Å². The van der Waals surface area contributed by atoms with E-state index in [0.717, 1.165) is 23.9 Å². The summed E-state index contributed by atoms with van der Waals surface area (Å²) in [5.41, 5.74) is 10.0. The monoisotopic (exact) mass is 255 g/mol. The third-order valence-corrected chi connectivity index (χ3v) is 4.78. The van der Waals surface area contributed by atoms with Crippen LogP contribution in [0.3, 0.4) is 0 Å². The van der Waals surface area contributed by atoms with Crippen LogP contribution in [0.1, 0.15) is 62.3 Å². The van der Waals surface area contributed by atoms with Crippen molar-refractivity contribution in [1.29, 1.82) is 0 Å². The predicted octanol–water partition coefficient (Wildman–Crippen LogP) is 3.56. The molecule has 2 aliphatic rings. The highest BCUT2D eigenvalue weighted by Gasteiger charge is 2.30. The number of imidazole rings is 1. The van der Waals surface area contributed by atoms with Crippen molar-refractivity contribution in [1.82, 2.24) is 9.97 Å². The number of fused-ring (bicyclic) bond motifs is 1. The highest BCUT2D eigenvalue weighted by atomic mass is 14.9. The van der Waals surface area contributed by atoms with E-state index < -0.39 is 0 Å². The first kappa shape index (κ1) is 11.5. The van der Waals surface area contributed by atoms with Crippen molar-refractivity contribution in [3.8, 4) is 0 Å². The number of nitrogens with one attached hydrogen (secondary N) is 1. The molecule has 0 radical (unpaired) electrons. The molecule has 4 rings (SSSR count). The number of nitrogens with zero attached hydrogens (tertiary/aromatic N) is 1. The van der Waals surface area contributed by atoms with Gasteiger partial charge in [0, 0.05) is 11.5 Å². The second-order valence-electron chi connectivity index (χ2n) is 6.35. The molecule has 0 bridgehead atoms. The fourth-order valence-electron chi connectivity index (χ4n) is 3.36. The zero-order valence-electron chi connectivity index (χ0n) is 11.3. The summed E-state index contributed by atoms with van der Waals surface area (Å²) in [5.74, 6) is 1.85. The third-order valence-electron chi connectivity index (χ3n) is 4.78. The normalized spacial score (nSPS) is 22.8. The van der Waals surface area contributed by atoms with Gasteiger partial charge in [-0.25, -0.2) is 4.98 Å². The SMILES string of the molecule is NC1(c2ccc3nc(C4CC4)[nH]c3c2)CCCCC1. The smallest absolute Gasteiger partial charge is 0.110 e. The van der Waals surface area contributed by atoms with Gasteiger partial charge in [-0.05, 0) is 43.4 Å². The molecule has 3 nitrogen and oxygen atoms in total. The molecule has 19 heavy (non-hydrogen) atoms. The molecule has 3 heteroatoms. The van der Waals surface area contributed by atoms with Crippen molar-refractivity contribution in [3.63, 3.8) is 0 Å². The van der Waals surface area contributed by atoms with E-state index in [4.69, 9.17) is 5.73 Å². The van der Waals surface area contributed by atoms with Gasteiger partial charge in [0.15, 0.2) is 0 Å². The molecule has 0 unspecified atom stereocenters. The second kappa shape index (κ2) is 4.07. The molecule has 0 atom stereocenters. The zero-order valence-corrected chi connectivity index (χ0v) is 11.3. The van der Waals surface area contributed by atoms with E-state index in [-0.39, 0.29) is 5.54 Å². The number of hydrogen-bond donors (Lipinski definition) is 2. The number of rotatable bonds is 2. The summed E-state index contributed by atoms with van der Waals surface area (Å²) >= 11 is 0. The molecular formula is C16H21N3. The summed E-state index contributed by atoms with van der Waals surface area (Å²) in [7, 11) is 0. The van der Waals surface area contributed by atoms with Crippen LogP contribution in [0.4, 0.5) is 0 Å². The molecule has 100 valence electrons. The molecular weight excluding hydrogens is 234 g/mol. The van der Waals surface area contributed by atoms with Crippen molar-refractivity contribution in [2.45, 2.75) is 56.4 Å². The highest BCUT2D eigenvalue weighted by molar-refractivity contribution is 5.76. The maximum absolute atomic E-state index is 6.62. The Morgan fingerprint density at radius 1 is 1.16 bits per heavy atom. The third kappa shape index (κ3) is 1.96. The van der Waals surface area contributed by atoms with Gasteiger partial charge in [-0.3, -0.25) is 0 Å². The van der Waals surface area contributed by atoms with Gasteiger partial charge >= 0.3 is 0 Å². The van der Waals surface area contributed by atoms with Gasteiger partial charge in [-0.1, -0.05) is 25.3 Å². The van der Waals surface area contributed by atoms with E-state index in [1.807, 2.05) is 0 Å². The maximum atomic E-state index is 6.62. The molecule has 2 aliphatic carbocycles. The molecule has 1 aromatic carbocycles. The Hall–Kier alpha value is -1.35. The van der Waals surface area contributed by atoms with E-state index in [2.05, 4.69) is 28.2 Å². The summed E-state index contributed by atoms with van der Waals surface area (Å²) in [6, 6.07) is 6.56. The standard InChI is InChI=1S/C16H21N3/c17-16(8-2-1-3-9-16)12-6-7-13-14(10-12)19-15(18-13)11-4-5-11/h6-7,10-11H,1-5,8-9,17H2,(H,18,19). The lowest BCUT2D eigenvalue weighted by Crippen LogP contribution is -2.38. The molecule has 2 fully saturated rings. The first-order valence-corrected chi connectivity index (χ1v) is 7.54. The molecule has 2 aromatic rings. The summed E-state index contributed by atoms with van der Waals surface area (Å²) in [6.45, 7) is 0. The fraction of sp³-hybridized carbons (Fsp3) is 0.562. The molecule has 1 heterocycles. The summed E-state index contributed by atoms with van der Waals surface area (Å²) in [4.78, 5) is 8.17. The number of aromatic amines is 1. The minimum atomic E-state index is -0.114. The van der Waals surface area contributed by atoms with Crippen LogP contribution in [0.25, 0.3) is 11.0 Å². The minimum Gasteiger partial charge on any atom is -0.342 e. The van der Waals surface area contributed by atoms with Crippen LogP contribution < -0.4 is 5.73 Å². The molecule has 1 aromatic heterocycles. The van der Waals surface area contributed by atoms with Crippen LogP contribution in [0.5, 0.6) is 0 Å². The first-order chi connectivity index (χ1) is 9.24. The number of aromatic nitrogens is 2. The van der Waals surface area contributed by atoms with Crippen molar-refractivity contribution in [3.05, 3.63) is 29.6 Å². The van der Waals surface area contributed by atoms with Gasteiger partial charge in [-0.2, -0.15) is 0 Å². The van der Waals surface area contributed by atoms with Crippen LogP contribution in [0, 0.1) is 0 Å². The van der Waals surface area contributed by atoms with Crippen LogP contribution >= 0.6 is 0 Å². The van der Waals surface area contributed by atoms with Gasteiger partial charge < -0.3 is 10.7 Å². The van der Waals surface area contributed by atoms with Gasteiger partial charge in [0.2, 0.25) is 0 Å². The Balaban J connectivity index is 1.73. The lowest BCUT2D eigenvalue weighted by atomic mass is 9.77.